The Morgan fingerprint density at radius 2 is 1.41 bits per heavy atom. The number of anilines is 1. The summed E-state index contributed by atoms with van der Waals surface area (Å²) in [5, 5.41) is 5.32. The second-order valence-corrected chi connectivity index (χ2v) is 15.8. The summed E-state index contributed by atoms with van der Waals surface area (Å²) < 4.78 is 21.6. The number of methoxy groups -OCH3 is 2. The van der Waals surface area contributed by atoms with Crippen LogP contribution in [-0.4, -0.2) is 101 Å². The third kappa shape index (κ3) is 7.42. The van der Waals surface area contributed by atoms with Gasteiger partial charge in [0.15, 0.2) is 5.79 Å². The van der Waals surface area contributed by atoms with Gasteiger partial charge in [-0.1, -0.05) is 73.3 Å². The van der Waals surface area contributed by atoms with Crippen LogP contribution in [0.15, 0.2) is 91.3 Å². The molecule has 0 saturated carbocycles. The van der Waals surface area contributed by atoms with Gasteiger partial charge in [-0.2, -0.15) is 0 Å². The van der Waals surface area contributed by atoms with Crippen molar-refractivity contribution >= 4 is 29.7 Å². The third-order valence-corrected chi connectivity index (χ3v) is 12.0. The first-order valence-electron chi connectivity index (χ1n) is 20.2. The number of aromatic nitrogens is 4. The van der Waals surface area contributed by atoms with E-state index in [-0.39, 0.29) is 24.4 Å². The summed E-state index contributed by atoms with van der Waals surface area (Å²) in [5.74, 6) is -0.273. The van der Waals surface area contributed by atoms with Crippen molar-refractivity contribution in [2.75, 3.05) is 38.9 Å². The second-order valence-electron chi connectivity index (χ2n) is 15.8. The van der Waals surface area contributed by atoms with Crippen LogP contribution in [0.4, 0.5) is 15.3 Å². The van der Waals surface area contributed by atoms with E-state index in [1.807, 2.05) is 54.6 Å². The standard InChI is InChI=1S/C45H46N8O8/c1-25(2)37(51-44(57)59-4)42(55)52-24-45(60-18-19-61-45)21-36(52)40-47-23-34(49-40)29-14-10-27(11-15-29)26-8-12-28(13-9-26)33-22-46-39(48-33)35-20-31-7-5-6-30-16-17-32(50-43(56)58-3)41(54)53(35)38(30)31/h5-15,22-23,32,35-37H,1,16-21,24H2,2-4H3,(H,46,48)(H,47,49)(H,50,56)(H,51,57)/t32?,35-,36-,37-/m0/s1. The Labute approximate surface area is 351 Å². The Hall–Kier alpha value is -6.78. The molecule has 314 valence electrons. The van der Waals surface area contributed by atoms with E-state index in [2.05, 4.69) is 39.3 Å². The molecule has 2 aromatic heterocycles. The van der Waals surface area contributed by atoms with Crippen molar-refractivity contribution in [3.8, 4) is 33.6 Å². The molecule has 4 amide bonds. The van der Waals surface area contributed by atoms with Gasteiger partial charge in [-0.25, -0.2) is 19.6 Å². The number of carbonyl (C=O) groups excluding carboxylic acids is 4. The summed E-state index contributed by atoms with van der Waals surface area (Å²) >= 11 is 0. The minimum atomic E-state index is -1.00. The number of likely N-dealkylation sites (tertiary alicyclic amines) is 1. The maximum absolute atomic E-state index is 13.9. The lowest BCUT2D eigenvalue weighted by Crippen LogP contribution is -2.50. The molecule has 16 nitrogen and oxygen atoms in total. The number of nitrogens with zero attached hydrogens (tertiary/aromatic N) is 4. The van der Waals surface area contributed by atoms with Crippen molar-refractivity contribution in [3.63, 3.8) is 0 Å². The molecule has 4 aliphatic heterocycles. The zero-order valence-corrected chi connectivity index (χ0v) is 34.0. The maximum Gasteiger partial charge on any atom is 0.407 e. The van der Waals surface area contributed by atoms with Crippen LogP contribution in [0.2, 0.25) is 0 Å². The Kier molecular flexibility index (Phi) is 10.4. The van der Waals surface area contributed by atoms with E-state index in [1.165, 1.54) is 14.2 Å². The number of imidazole rings is 2. The molecule has 16 heteroatoms. The monoisotopic (exact) mass is 826 g/mol. The van der Waals surface area contributed by atoms with Gasteiger partial charge in [0.1, 0.15) is 23.7 Å². The molecule has 2 fully saturated rings. The van der Waals surface area contributed by atoms with Crippen LogP contribution < -0.4 is 15.5 Å². The van der Waals surface area contributed by atoms with Crippen LogP contribution in [0.25, 0.3) is 33.6 Å². The van der Waals surface area contributed by atoms with Crippen LogP contribution in [-0.2, 0) is 41.4 Å². The normalized spacial score (nSPS) is 20.6. The Morgan fingerprint density at radius 1 is 0.836 bits per heavy atom. The van der Waals surface area contributed by atoms with E-state index in [4.69, 9.17) is 28.9 Å². The lowest BCUT2D eigenvalue weighted by Gasteiger charge is -2.28. The third-order valence-electron chi connectivity index (χ3n) is 12.0. The Morgan fingerprint density at radius 3 is 2.00 bits per heavy atom. The topological polar surface area (TPSA) is 193 Å². The molecule has 4 aliphatic rings. The molecule has 0 aliphatic carbocycles. The number of alkyl carbamates (subject to hydrolysis) is 2. The van der Waals surface area contributed by atoms with E-state index in [0.29, 0.717) is 56.1 Å². The van der Waals surface area contributed by atoms with Gasteiger partial charge < -0.3 is 44.4 Å². The van der Waals surface area contributed by atoms with E-state index >= 15 is 0 Å². The largest absolute Gasteiger partial charge is 0.453 e. The number of aryl methyl sites for hydroxylation is 1. The first kappa shape index (κ1) is 39.7. The zero-order valence-electron chi connectivity index (χ0n) is 34.0. The SMILES string of the molecule is C=C(C)[C@H](NC(=O)OC)C(=O)N1CC2(C[C@H]1c1ncc(-c3ccc(-c4ccc(-c5cnc([C@@H]6Cc7cccc8c7N6C(=O)C(NC(=O)OC)CC8)[nH]5)cc4)cc3)[nH]1)OCCO2. The number of hydrogen-bond donors (Lipinski definition) is 4. The predicted molar refractivity (Wildman–Crippen MR) is 223 cm³/mol. The molecule has 4 atom stereocenters. The molecule has 2 saturated heterocycles. The molecule has 6 heterocycles. The fourth-order valence-corrected chi connectivity index (χ4v) is 8.93. The van der Waals surface area contributed by atoms with Gasteiger partial charge in [0, 0.05) is 12.8 Å². The van der Waals surface area contributed by atoms with Crippen LogP contribution in [0.3, 0.4) is 0 Å². The van der Waals surface area contributed by atoms with Gasteiger partial charge in [0.2, 0.25) is 11.8 Å². The Bertz CT molecular complexity index is 2510. The minimum absolute atomic E-state index is 0.169. The molecule has 61 heavy (non-hydrogen) atoms. The molecule has 1 unspecified atom stereocenters. The molecule has 0 radical (unpaired) electrons. The van der Waals surface area contributed by atoms with E-state index < -0.39 is 36.1 Å². The number of amides is 4. The lowest BCUT2D eigenvalue weighted by atomic mass is 10.0. The highest BCUT2D eigenvalue weighted by Gasteiger charge is 2.52. The number of nitrogens with one attached hydrogen (secondary N) is 4. The Balaban J connectivity index is 0.900. The highest BCUT2D eigenvalue weighted by Crippen LogP contribution is 2.45. The molecule has 1 spiro atoms. The smallest absolute Gasteiger partial charge is 0.407 e. The van der Waals surface area contributed by atoms with Crippen molar-refractivity contribution < 1.29 is 38.1 Å². The van der Waals surface area contributed by atoms with Crippen LogP contribution in [0.1, 0.15) is 54.6 Å². The number of aromatic amines is 2. The van der Waals surface area contributed by atoms with E-state index in [1.54, 1.807) is 29.1 Å². The van der Waals surface area contributed by atoms with Gasteiger partial charge in [-0.15, -0.1) is 0 Å². The van der Waals surface area contributed by atoms with Crippen LogP contribution >= 0.6 is 0 Å². The number of hydrogen-bond acceptors (Lipinski definition) is 10. The number of ether oxygens (including phenoxy) is 4. The highest BCUT2D eigenvalue weighted by molar-refractivity contribution is 6.02. The van der Waals surface area contributed by atoms with Crippen molar-refractivity contribution in [2.24, 2.45) is 0 Å². The average Bonchev–Trinajstić information content (AvgIpc) is 4.14. The lowest BCUT2D eigenvalue weighted by molar-refractivity contribution is -0.152. The van der Waals surface area contributed by atoms with Gasteiger partial charge in [0.05, 0.1) is 75.5 Å². The van der Waals surface area contributed by atoms with E-state index in [9.17, 15) is 19.2 Å². The number of benzene rings is 3. The molecule has 5 aromatic rings. The van der Waals surface area contributed by atoms with Crippen molar-refractivity contribution in [3.05, 3.63) is 114 Å². The first-order chi connectivity index (χ1) is 29.5. The average molecular weight is 827 g/mol. The number of H-pyrrole nitrogens is 2. The zero-order chi connectivity index (χ0) is 42.4. The molecule has 4 N–H and O–H groups in total. The van der Waals surface area contributed by atoms with Crippen molar-refractivity contribution in [2.45, 2.75) is 62.6 Å². The predicted octanol–water partition coefficient (Wildman–Crippen LogP) is 5.75. The summed E-state index contributed by atoms with van der Waals surface area (Å²) in [6.45, 7) is 6.61. The van der Waals surface area contributed by atoms with Crippen molar-refractivity contribution in [1.82, 2.24) is 35.5 Å². The molecular formula is C45H46N8O8. The molecular weight excluding hydrogens is 781 g/mol. The summed E-state index contributed by atoms with van der Waals surface area (Å²) in [6, 6.07) is 19.8. The van der Waals surface area contributed by atoms with Gasteiger partial charge in [0.25, 0.3) is 0 Å². The summed E-state index contributed by atoms with van der Waals surface area (Å²) in [6.07, 6.45) is 4.27. The molecule has 3 aromatic carbocycles. The summed E-state index contributed by atoms with van der Waals surface area (Å²) in [4.78, 5) is 71.9. The van der Waals surface area contributed by atoms with Gasteiger partial charge >= 0.3 is 12.2 Å². The van der Waals surface area contributed by atoms with Gasteiger partial charge in [-0.05, 0) is 58.7 Å². The summed E-state index contributed by atoms with van der Waals surface area (Å²) in [7, 11) is 2.53. The highest BCUT2D eigenvalue weighted by atomic mass is 16.7. The maximum atomic E-state index is 13.9. The van der Waals surface area contributed by atoms with Crippen LogP contribution in [0.5, 0.6) is 0 Å². The molecule has 9 rings (SSSR count). The number of para-hydroxylation sites is 1. The minimum Gasteiger partial charge on any atom is -0.453 e. The molecule has 0 bridgehead atoms. The van der Waals surface area contributed by atoms with Crippen molar-refractivity contribution in [1.29, 1.82) is 0 Å². The quantitative estimate of drug-likeness (QED) is 0.133. The van der Waals surface area contributed by atoms with Gasteiger partial charge in [-0.3, -0.25) is 14.5 Å². The van der Waals surface area contributed by atoms with E-state index in [0.717, 1.165) is 50.5 Å². The second kappa shape index (κ2) is 16.0. The number of carbonyl (C=O) groups is 4. The fourth-order valence-electron chi connectivity index (χ4n) is 8.93. The summed E-state index contributed by atoms with van der Waals surface area (Å²) in [5.41, 5.74) is 9.01. The first-order valence-corrected chi connectivity index (χ1v) is 20.2. The van der Waals surface area contributed by atoms with Crippen LogP contribution in [0, 0.1) is 0 Å². The number of rotatable bonds is 9. The fraction of sp³-hybridized carbons (Fsp3) is 0.333.